The van der Waals surface area contributed by atoms with Crippen LogP contribution in [0.3, 0.4) is 0 Å². The topological polar surface area (TPSA) is 0 Å². The molecule has 0 spiro atoms. The SMILES string of the molecule is Pc1cc(Br)ccc1-c1ccccc1. The smallest absolute Gasteiger partial charge is 0.0181 e. The zero-order valence-electron chi connectivity index (χ0n) is 7.57. The van der Waals surface area contributed by atoms with E-state index in [2.05, 4.69) is 67.6 Å². The first kappa shape index (κ1) is 9.89. The molecule has 2 heteroatoms. The van der Waals surface area contributed by atoms with Gasteiger partial charge in [-0.1, -0.05) is 52.3 Å². The molecule has 0 aliphatic heterocycles. The van der Waals surface area contributed by atoms with Gasteiger partial charge in [-0.25, -0.2) is 0 Å². The third kappa shape index (κ3) is 2.05. The van der Waals surface area contributed by atoms with Gasteiger partial charge in [0.05, 0.1) is 0 Å². The van der Waals surface area contributed by atoms with Crippen LogP contribution in [-0.4, -0.2) is 0 Å². The lowest BCUT2D eigenvalue weighted by molar-refractivity contribution is 1.63. The van der Waals surface area contributed by atoms with E-state index in [1.165, 1.54) is 16.4 Å². The van der Waals surface area contributed by atoms with Crippen molar-refractivity contribution in [3.05, 3.63) is 53.0 Å². The van der Waals surface area contributed by atoms with Crippen molar-refractivity contribution < 1.29 is 0 Å². The molecular weight excluding hydrogens is 255 g/mol. The van der Waals surface area contributed by atoms with Gasteiger partial charge in [-0.05, 0) is 28.6 Å². The lowest BCUT2D eigenvalue weighted by atomic mass is 10.1. The van der Waals surface area contributed by atoms with Crippen molar-refractivity contribution in [1.82, 2.24) is 0 Å². The molecule has 0 nitrogen and oxygen atoms in total. The average Bonchev–Trinajstić information content (AvgIpc) is 2.19. The van der Waals surface area contributed by atoms with Crippen LogP contribution < -0.4 is 5.30 Å². The van der Waals surface area contributed by atoms with Gasteiger partial charge in [-0.15, -0.1) is 9.24 Å². The Bertz CT molecular complexity index is 437. The summed E-state index contributed by atoms with van der Waals surface area (Å²) in [6, 6.07) is 16.7. The summed E-state index contributed by atoms with van der Waals surface area (Å²) in [4.78, 5) is 0. The third-order valence-corrected chi connectivity index (χ3v) is 3.07. The Kier molecular flexibility index (Phi) is 3.00. The van der Waals surface area contributed by atoms with Crippen LogP contribution in [0.1, 0.15) is 0 Å². The van der Waals surface area contributed by atoms with E-state index in [4.69, 9.17) is 0 Å². The molecule has 0 bridgehead atoms. The molecule has 0 aliphatic rings. The van der Waals surface area contributed by atoms with Gasteiger partial charge >= 0.3 is 0 Å². The van der Waals surface area contributed by atoms with Gasteiger partial charge < -0.3 is 0 Å². The Balaban J connectivity index is 2.53. The Morgan fingerprint density at radius 1 is 0.929 bits per heavy atom. The normalized spacial score (nSPS) is 10.1. The fraction of sp³-hybridized carbons (Fsp3) is 0. The van der Waals surface area contributed by atoms with Gasteiger partial charge in [0, 0.05) is 4.47 Å². The van der Waals surface area contributed by atoms with Crippen LogP contribution >= 0.6 is 25.2 Å². The molecule has 0 amide bonds. The number of rotatable bonds is 1. The summed E-state index contributed by atoms with van der Waals surface area (Å²) < 4.78 is 1.11. The molecule has 0 fully saturated rings. The lowest BCUT2D eigenvalue weighted by Gasteiger charge is -2.05. The largest absolute Gasteiger partial charge is 0.105 e. The molecule has 0 radical (unpaired) electrons. The molecular formula is C12H10BrP. The predicted molar refractivity (Wildman–Crippen MR) is 68.9 cm³/mol. The summed E-state index contributed by atoms with van der Waals surface area (Å²) in [7, 11) is 2.76. The van der Waals surface area contributed by atoms with E-state index in [1.54, 1.807) is 0 Å². The van der Waals surface area contributed by atoms with E-state index >= 15 is 0 Å². The van der Waals surface area contributed by atoms with Crippen molar-refractivity contribution in [2.24, 2.45) is 0 Å². The summed E-state index contributed by atoms with van der Waals surface area (Å²) in [5.41, 5.74) is 2.52. The maximum atomic E-state index is 3.46. The van der Waals surface area contributed by atoms with E-state index < -0.39 is 0 Å². The van der Waals surface area contributed by atoms with Crippen molar-refractivity contribution in [2.45, 2.75) is 0 Å². The molecule has 0 heterocycles. The molecule has 0 saturated heterocycles. The van der Waals surface area contributed by atoms with Gasteiger partial charge in [0.25, 0.3) is 0 Å². The highest BCUT2D eigenvalue weighted by atomic mass is 79.9. The molecule has 0 N–H and O–H groups in total. The minimum atomic E-state index is 1.11. The number of benzene rings is 2. The van der Waals surface area contributed by atoms with E-state index in [1.807, 2.05) is 6.07 Å². The maximum Gasteiger partial charge on any atom is 0.0181 e. The highest BCUT2D eigenvalue weighted by Gasteiger charge is 2.00. The first-order valence-corrected chi connectivity index (χ1v) is 5.75. The third-order valence-electron chi connectivity index (χ3n) is 2.10. The number of hydrogen-bond donors (Lipinski definition) is 0. The minimum Gasteiger partial charge on any atom is -0.105 e. The molecule has 1 unspecified atom stereocenters. The molecule has 1 atom stereocenters. The standard InChI is InChI=1S/C12H10BrP/c13-10-6-7-11(12(14)8-10)9-4-2-1-3-5-9/h1-8H,14H2. The van der Waals surface area contributed by atoms with Crippen molar-refractivity contribution in [3.63, 3.8) is 0 Å². The second-order valence-electron chi connectivity index (χ2n) is 3.10. The van der Waals surface area contributed by atoms with Crippen LogP contribution in [0.25, 0.3) is 11.1 Å². The van der Waals surface area contributed by atoms with Crippen LogP contribution in [0.4, 0.5) is 0 Å². The van der Waals surface area contributed by atoms with Crippen LogP contribution in [0.5, 0.6) is 0 Å². The Labute approximate surface area is 94.7 Å². The van der Waals surface area contributed by atoms with Crippen LogP contribution in [-0.2, 0) is 0 Å². The summed E-state index contributed by atoms with van der Waals surface area (Å²) in [5, 5.41) is 1.21. The fourth-order valence-corrected chi connectivity index (χ4v) is 2.48. The first-order valence-electron chi connectivity index (χ1n) is 4.38. The Hall–Kier alpha value is -0.650. The molecule has 0 aromatic heterocycles. The highest BCUT2D eigenvalue weighted by Crippen LogP contribution is 2.21. The van der Waals surface area contributed by atoms with E-state index in [9.17, 15) is 0 Å². The molecule has 14 heavy (non-hydrogen) atoms. The molecule has 70 valence electrons. The van der Waals surface area contributed by atoms with Gasteiger partial charge in [0.1, 0.15) is 0 Å². The first-order chi connectivity index (χ1) is 6.77. The number of hydrogen-bond acceptors (Lipinski definition) is 0. The van der Waals surface area contributed by atoms with Crippen molar-refractivity contribution in [2.75, 3.05) is 0 Å². The van der Waals surface area contributed by atoms with Crippen LogP contribution in [0, 0.1) is 0 Å². The van der Waals surface area contributed by atoms with Gasteiger partial charge in [-0.3, -0.25) is 0 Å². The average molecular weight is 265 g/mol. The van der Waals surface area contributed by atoms with Crippen molar-refractivity contribution in [1.29, 1.82) is 0 Å². The zero-order valence-corrected chi connectivity index (χ0v) is 10.3. The zero-order chi connectivity index (χ0) is 9.97. The molecule has 0 aliphatic carbocycles. The maximum absolute atomic E-state index is 3.46. The quantitative estimate of drug-likeness (QED) is 0.691. The summed E-state index contributed by atoms with van der Waals surface area (Å²) in [6.07, 6.45) is 0. The lowest BCUT2D eigenvalue weighted by Crippen LogP contribution is -1.95. The van der Waals surface area contributed by atoms with Crippen LogP contribution in [0.15, 0.2) is 53.0 Å². The fourth-order valence-electron chi connectivity index (χ4n) is 1.41. The highest BCUT2D eigenvalue weighted by molar-refractivity contribution is 9.10. The molecule has 2 aromatic rings. The van der Waals surface area contributed by atoms with E-state index in [-0.39, 0.29) is 0 Å². The van der Waals surface area contributed by atoms with E-state index in [0.717, 1.165) is 4.47 Å². The van der Waals surface area contributed by atoms with Crippen molar-refractivity contribution in [3.8, 4) is 11.1 Å². The Morgan fingerprint density at radius 3 is 2.29 bits per heavy atom. The van der Waals surface area contributed by atoms with E-state index in [0.29, 0.717) is 0 Å². The summed E-state index contributed by atoms with van der Waals surface area (Å²) in [6.45, 7) is 0. The number of halogens is 1. The minimum absolute atomic E-state index is 1.11. The van der Waals surface area contributed by atoms with Gasteiger partial charge in [0.15, 0.2) is 0 Å². The Morgan fingerprint density at radius 2 is 1.64 bits per heavy atom. The second-order valence-corrected chi connectivity index (χ2v) is 4.64. The van der Waals surface area contributed by atoms with Crippen molar-refractivity contribution >= 4 is 30.5 Å². The monoisotopic (exact) mass is 264 g/mol. The second kappa shape index (κ2) is 4.25. The summed E-state index contributed by atoms with van der Waals surface area (Å²) in [5.74, 6) is 0. The predicted octanol–water partition coefficient (Wildman–Crippen LogP) is 3.62. The van der Waals surface area contributed by atoms with Gasteiger partial charge in [-0.2, -0.15) is 0 Å². The summed E-state index contributed by atoms with van der Waals surface area (Å²) >= 11 is 3.46. The molecule has 0 saturated carbocycles. The molecule has 2 aromatic carbocycles. The van der Waals surface area contributed by atoms with Gasteiger partial charge in [0.2, 0.25) is 0 Å². The van der Waals surface area contributed by atoms with Crippen LogP contribution in [0.2, 0.25) is 0 Å². The molecule has 2 rings (SSSR count).